The van der Waals surface area contributed by atoms with Crippen LogP contribution in [0.4, 0.5) is 5.69 Å². The van der Waals surface area contributed by atoms with E-state index in [9.17, 15) is 4.79 Å². The summed E-state index contributed by atoms with van der Waals surface area (Å²) in [6.07, 6.45) is 2.70. The second-order valence-corrected chi connectivity index (χ2v) is 4.63. The molecule has 0 radical (unpaired) electrons. The number of rotatable bonds is 2. The smallest absolute Gasteiger partial charge is 0.227 e. The predicted octanol–water partition coefficient (Wildman–Crippen LogP) is 2.48. The quantitative estimate of drug-likeness (QED) is 0.852. The van der Waals surface area contributed by atoms with Crippen LogP contribution in [0.5, 0.6) is 0 Å². The van der Waals surface area contributed by atoms with Crippen LogP contribution in [-0.4, -0.2) is 11.9 Å². The highest BCUT2D eigenvalue weighted by molar-refractivity contribution is 5.92. The lowest BCUT2D eigenvalue weighted by atomic mass is 10.1. The number of carbonyl (C=O) groups excluding carboxylic acids is 1. The van der Waals surface area contributed by atoms with Gasteiger partial charge in [-0.05, 0) is 38.3 Å². The Morgan fingerprint density at radius 3 is 2.47 bits per heavy atom. The molecule has 2 rings (SSSR count). The SMILES string of the molecule is Cc1ccc(NC(=O)C2CCC(N)C2)cc1.Cl. The zero-order valence-electron chi connectivity index (χ0n) is 9.98. The normalized spacial score (nSPS) is 22.9. The summed E-state index contributed by atoms with van der Waals surface area (Å²) in [5.74, 6) is 0.202. The van der Waals surface area contributed by atoms with Gasteiger partial charge in [0.05, 0.1) is 0 Å². The Balaban J connectivity index is 0.00000144. The molecular formula is C13H19ClN2O. The molecule has 3 N–H and O–H groups in total. The van der Waals surface area contributed by atoms with Gasteiger partial charge in [-0.3, -0.25) is 4.79 Å². The molecule has 1 amide bonds. The Kier molecular flexibility index (Phi) is 4.97. The van der Waals surface area contributed by atoms with Crippen LogP contribution in [0.2, 0.25) is 0 Å². The molecule has 1 saturated carbocycles. The molecule has 0 spiro atoms. The van der Waals surface area contributed by atoms with Crippen molar-refractivity contribution in [1.29, 1.82) is 0 Å². The molecule has 94 valence electrons. The van der Waals surface area contributed by atoms with Gasteiger partial charge in [-0.15, -0.1) is 12.4 Å². The van der Waals surface area contributed by atoms with Crippen LogP contribution in [-0.2, 0) is 4.79 Å². The monoisotopic (exact) mass is 254 g/mol. The van der Waals surface area contributed by atoms with E-state index < -0.39 is 0 Å². The third-order valence-corrected chi connectivity index (χ3v) is 3.16. The van der Waals surface area contributed by atoms with Crippen LogP contribution in [0.1, 0.15) is 24.8 Å². The minimum Gasteiger partial charge on any atom is -0.328 e. The zero-order valence-corrected chi connectivity index (χ0v) is 10.8. The highest BCUT2D eigenvalue weighted by Gasteiger charge is 2.27. The number of nitrogens with two attached hydrogens (primary N) is 1. The molecule has 0 heterocycles. The standard InChI is InChI=1S/C13H18N2O.ClH/c1-9-2-6-12(7-3-9)15-13(16)10-4-5-11(14)8-10;/h2-3,6-7,10-11H,4-5,8,14H2,1H3,(H,15,16);1H. The molecule has 1 aromatic carbocycles. The van der Waals surface area contributed by atoms with Crippen molar-refractivity contribution in [3.05, 3.63) is 29.8 Å². The molecule has 17 heavy (non-hydrogen) atoms. The molecule has 0 bridgehead atoms. The number of carbonyl (C=O) groups is 1. The summed E-state index contributed by atoms with van der Waals surface area (Å²) in [4.78, 5) is 11.9. The van der Waals surface area contributed by atoms with Gasteiger partial charge in [-0.25, -0.2) is 0 Å². The summed E-state index contributed by atoms with van der Waals surface area (Å²) in [6, 6.07) is 8.06. The highest BCUT2D eigenvalue weighted by atomic mass is 35.5. The molecule has 2 atom stereocenters. The van der Waals surface area contributed by atoms with Crippen molar-refractivity contribution in [2.24, 2.45) is 11.7 Å². The second kappa shape index (κ2) is 6.03. The van der Waals surface area contributed by atoms with Gasteiger partial charge in [0.25, 0.3) is 0 Å². The maximum Gasteiger partial charge on any atom is 0.227 e. The molecule has 0 aromatic heterocycles. The van der Waals surface area contributed by atoms with Crippen molar-refractivity contribution in [2.45, 2.75) is 32.2 Å². The van der Waals surface area contributed by atoms with Crippen molar-refractivity contribution >= 4 is 24.0 Å². The van der Waals surface area contributed by atoms with Gasteiger partial charge < -0.3 is 11.1 Å². The molecule has 0 aliphatic heterocycles. The first-order chi connectivity index (χ1) is 7.65. The number of hydrogen-bond donors (Lipinski definition) is 2. The van der Waals surface area contributed by atoms with Crippen molar-refractivity contribution in [1.82, 2.24) is 0 Å². The summed E-state index contributed by atoms with van der Waals surface area (Å²) >= 11 is 0. The summed E-state index contributed by atoms with van der Waals surface area (Å²) in [5.41, 5.74) is 7.86. The first-order valence-corrected chi connectivity index (χ1v) is 5.78. The molecule has 4 heteroatoms. The molecular weight excluding hydrogens is 236 g/mol. The molecule has 1 fully saturated rings. The Hall–Kier alpha value is -1.06. The van der Waals surface area contributed by atoms with Crippen LogP contribution in [0.25, 0.3) is 0 Å². The van der Waals surface area contributed by atoms with Gasteiger partial charge in [-0.1, -0.05) is 17.7 Å². The molecule has 1 aliphatic rings. The Labute approximate surface area is 108 Å². The second-order valence-electron chi connectivity index (χ2n) is 4.63. The summed E-state index contributed by atoms with van der Waals surface area (Å²) in [6.45, 7) is 2.03. The number of aryl methyl sites for hydroxylation is 1. The van der Waals surface area contributed by atoms with Crippen molar-refractivity contribution < 1.29 is 4.79 Å². The van der Waals surface area contributed by atoms with E-state index in [0.717, 1.165) is 24.9 Å². The molecule has 0 saturated heterocycles. The van der Waals surface area contributed by atoms with E-state index in [0.29, 0.717) is 0 Å². The topological polar surface area (TPSA) is 55.1 Å². The van der Waals surface area contributed by atoms with E-state index >= 15 is 0 Å². The average Bonchev–Trinajstić information content (AvgIpc) is 2.68. The Bertz CT molecular complexity index is 378. The fourth-order valence-electron chi connectivity index (χ4n) is 2.14. The lowest BCUT2D eigenvalue weighted by Crippen LogP contribution is -2.23. The number of halogens is 1. The molecule has 1 aliphatic carbocycles. The number of anilines is 1. The van der Waals surface area contributed by atoms with Gasteiger partial charge in [0.2, 0.25) is 5.91 Å². The summed E-state index contributed by atoms with van der Waals surface area (Å²) in [7, 11) is 0. The van der Waals surface area contributed by atoms with E-state index in [4.69, 9.17) is 5.73 Å². The highest BCUT2D eigenvalue weighted by Crippen LogP contribution is 2.25. The van der Waals surface area contributed by atoms with Crippen LogP contribution >= 0.6 is 12.4 Å². The summed E-state index contributed by atoms with van der Waals surface area (Å²) < 4.78 is 0. The van der Waals surface area contributed by atoms with Crippen molar-refractivity contribution in [3.8, 4) is 0 Å². The van der Waals surface area contributed by atoms with Gasteiger partial charge in [0.15, 0.2) is 0 Å². The number of nitrogens with one attached hydrogen (secondary N) is 1. The largest absolute Gasteiger partial charge is 0.328 e. The fraction of sp³-hybridized carbons (Fsp3) is 0.462. The Morgan fingerprint density at radius 1 is 1.29 bits per heavy atom. The first kappa shape index (κ1) is 14.0. The number of benzene rings is 1. The molecule has 1 aromatic rings. The Morgan fingerprint density at radius 2 is 1.94 bits per heavy atom. The fourth-order valence-corrected chi connectivity index (χ4v) is 2.14. The molecule has 2 unspecified atom stereocenters. The third-order valence-electron chi connectivity index (χ3n) is 3.16. The van der Waals surface area contributed by atoms with E-state index in [1.807, 2.05) is 31.2 Å². The minimum atomic E-state index is 0. The minimum absolute atomic E-state index is 0. The van der Waals surface area contributed by atoms with Crippen LogP contribution in [0.3, 0.4) is 0 Å². The number of amides is 1. The van der Waals surface area contributed by atoms with Crippen molar-refractivity contribution in [2.75, 3.05) is 5.32 Å². The third kappa shape index (κ3) is 3.72. The van der Waals surface area contributed by atoms with E-state index in [-0.39, 0.29) is 30.3 Å². The average molecular weight is 255 g/mol. The van der Waals surface area contributed by atoms with E-state index in [1.165, 1.54) is 5.56 Å². The van der Waals surface area contributed by atoms with Crippen LogP contribution in [0.15, 0.2) is 24.3 Å². The van der Waals surface area contributed by atoms with Gasteiger partial charge in [-0.2, -0.15) is 0 Å². The van der Waals surface area contributed by atoms with Gasteiger partial charge in [0.1, 0.15) is 0 Å². The number of hydrogen-bond acceptors (Lipinski definition) is 2. The van der Waals surface area contributed by atoms with Gasteiger partial charge in [0, 0.05) is 17.6 Å². The lowest BCUT2D eigenvalue weighted by molar-refractivity contribution is -0.119. The first-order valence-electron chi connectivity index (χ1n) is 5.78. The maximum atomic E-state index is 11.9. The van der Waals surface area contributed by atoms with Crippen LogP contribution < -0.4 is 11.1 Å². The predicted molar refractivity (Wildman–Crippen MR) is 72.4 cm³/mol. The summed E-state index contributed by atoms with van der Waals surface area (Å²) in [5, 5.41) is 2.94. The molecule has 3 nitrogen and oxygen atoms in total. The van der Waals surface area contributed by atoms with Gasteiger partial charge >= 0.3 is 0 Å². The van der Waals surface area contributed by atoms with E-state index in [2.05, 4.69) is 5.32 Å². The van der Waals surface area contributed by atoms with Crippen molar-refractivity contribution in [3.63, 3.8) is 0 Å². The van der Waals surface area contributed by atoms with E-state index in [1.54, 1.807) is 0 Å². The lowest BCUT2D eigenvalue weighted by Gasteiger charge is -2.10. The maximum absolute atomic E-state index is 11.9. The van der Waals surface area contributed by atoms with Crippen LogP contribution in [0, 0.1) is 12.8 Å². The zero-order chi connectivity index (χ0) is 11.5.